The van der Waals surface area contributed by atoms with Gasteiger partial charge in [0.2, 0.25) is 10.0 Å². The molecule has 1 aromatic rings. The number of hydrogen-bond donors (Lipinski definition) is 2. The van der Waals surface area contributed by atoms with Gasteiger partial charge in [-0.1, -0.05) is 6.07 Å². The average molecular weight is 427 g/mol. The SMILES string of the molecule is CCNC(=NCC(C)Oc1cccc(OC)c1)NCC1CCN(S(C)(=O)=O)CC1. The van der Waals surface area contributed by atoms with Crippen LogP contribution in [0.15, 0.2) is 29.3 Å². The lowest BCUT2D eigenvalue weighted by Crippen LogP contribution is -2.44. The van der Waals surface area contributed by atoms with Crippen LogP contribution in [-0.4, -0.2) is 70.9 Å². The number of aliphatic imine (C=N–C) groups is 1. The molecule has 29 heavy (non-hydrogen) atoms. The molecule has 164 valence electrons. The summed E-state index contributed by atoms with van der Waals surface area (Å²) in [6.07, 6.45) is 2.90. The maximum absolute atomic E-state index is 11.6. The topological polar surface area (TPSA) is 92.3 Å². The zero-order chi connectivity index (χ0) is 21.3. The first kappa shape index (κ1) is 23.3. The van der Waals surface area contributed by atoms with Crippen molar-refractivity contribution in [1.29, 1.82) is 0 Å². The molecular weight excluding hydrogens is 392 g/mol. The zero-order valence-corrected chi connectivity index (χ0v) is 18.7. The molecule has 0 radical (unpaired) electrons. The van der Waals surface area contributed by atoms with Crippen LogP contribution in [0, 0.1) is 5.92 Å². The van der Waals surface area contributed by atoms with Crippen molar-refractivity contribution in [2.24, 2.45) is 10.9 Å². The van der Waals surface area contributed by atoms with E-state index in [0.717, 1.165) is 43.4 Å². The normalized spacial score (nSPS) is 17.6. The first-order chi connectivity index (χ1) is 13.8. The minimum absolute atomic E-state index is 0.0874. The van der Waals surface area contributed by atoms with E-state index in [4.69, 9.17) is 9.47 Å². The highest BCUT2D eigenvalue weighted by atomic mass is 32.2. The number of nitrogens with one attached hydrogen (secondary N) is 2. The van der Waals surface area contributed by atoms with E-state index in [2.05, 4.69) is 15.6 Å². The smallest absolute Gasteiger partial charge is 0.211 e. The summed E-state index contributed by atoms with van der Waals surface area (Å²) in [6.45, 7) is 7.23. The zero-order valence-electron chi connectivity index (χ0n) is 17.8. The summed E-state index contributed by atoms with van der Waals surface area (Å²) in [5.41, 5.74) is 0. The predicted octanol–water partition coefficient (Wildman–Crippen LogP) is 1.69. The van der Waals surface area contributed by atoms with Gasteiger partial charge in [0, 0.05) is 32.2 Å². The van der Waals surface area contributed by atoms with Crippen molar-refractivity contribution in [3.05, 3.63) is 24.3 Å². The Hall–Kier alpha value is -2.00. The van der Waals surface area contributed by atoms with Crippen LogP contribution in [0.4, 0.5) is 0 Å². The Morgan fingerprint density at radius 2 is 1.97 bits per heavy atom. The third kappa shape index (κ3) is 8.10. The van der Waals surface area contributed by atoms with Crippen LogP contribution in [0.2, 0.25) is 0 Å². The number of methoxy groups -OCH3 is 1. The monoisotopic (exact) mass is 426 g/mol. The molecule has 0 saturated carbocycles. The third-order valence-electron chi connectivity index (χ3n) is 4.83. The molecule has 2 rings (SSSR count). The Labute approximate surface area is 174 Å². The highest BCUT2D eigenvalue weighted by Gasteiger charge is 2.24. The molecule has 2 N–H and O–H groups in total. The van der Waals surface area contributed by atoms with E-state index in [0.29, 0.717) is 25.6 Å². The highest BCUT2D eigenvalue weighted by molar-refractivity contribution is 7.88. The Morgan fingerprint density at radius 1 is 1.28 bits per heavy atom. The van der Waals surface area contributed by atoms with Gasteiger partial charge in [-0.05, 0) is 44.7 Å². The lowest BCUT2D eigenvalue weighted by molar-refractivity contribution is 0.229. The molecule has 0 spiro atoms. The third-order valence-corrected chi connectivity index (χ3v) is 6.13. The molecule has 1 heterocycles. The second kappa shape index (κ2) is 11.3. The van der Waals surface area contributed by atoms with Crippen molar-refractivity contribution in [1.82, 2.24) is 14.9 Å². The van der Waals surface area contributed by atoms with Gasteiger partial charge in [-0.3, -0.25) is 0 Å². The fraction of sp³-hybridized carbons (Fsp3) is 0.650. The Balaban J connectivity index is 1.81. The van der Waals surface area contributed by atoms with Gasteiger partial charge in [0.25, 0.3) is 0 Å². The molecule has 1 aliphatic heterocycles. The van der Waals surface area contributed by atoms with E-state index in [1.165, 1.54) is 6.26 Å². The quantitative estimate of drug-likeness (QED) is 0.461. The van der Waals surface area contributed by atoms with Crippen LogP contribution in [0.5, 0.6) is 11.5 Å². The number of rotatable bonds is 9. The fourth-order valence-electron chi connectivity index (χ4n) is 3.19. The number of sulfonamides is 1. The summed E-state index contributed by atoms with van der Waals surface area (Å²) < 4.78 is 35.9. The van der Waals surface area contributed by atoms with Gasteiger partial charge in [-0.25, -0.2) is 17.7 Å². The van der Waals surface area contributed by atoms with E-state index >= 15 is 0 Å². The lowest BCUT2D eigenvalue weighted by Gasteiger charge is -2.30. The number of ether oxygens (including phenoxy) is 2. The Morgan fingerprint density at radius 3 is 2.59 bits per heavy atom. The summed E-state index contributed by atoms with van der Waals surface area (Å²) in [7, 11) is -1.45. The number of benzene rings is 1. The number of piperidine rings is 1. The molecule has 1 fully saturated rings. The molecule has 1 aliphatic rings. The summed E-state index contributed by atoms with van der Waals surface area (Å²) in [5.74, 6) is 2.69. The van der Waals surface area contributed by atoms with Gasteiger partial charge in [-0.15, -0.1) is 0 Å². The Bertz CT molecular complexity index is 761. The van der Waals surface area contributed by atoms with Gasteiger partial charge in [0.1, 0.15) is 17.6 Å². The van der Waals surface area contributed by atoms with Gasteiger partial charge < -0.3 is 20.1 Å². The minimum atomic E-state index is -3.08. The van der Waals surface area contributed by atoms with E-state index in [1.54, 1.807) is 11.4 Å². The molecule has 1 aromatic carbocycles. The summed E-state index contributed by atoms with van der Waals surface area (Å²) in [6, 6.07) is 7.52. The van der Waals surface area contributed by atoms with E-state index < -0.39 is 10.0 Å². The van der Waals surface area contributed by atoms with Crippen LogP contribution in [0.1, 0.15) is 26.7 Å². The van der Waals surface area contributed by atoms with Crippen LogP contribution >= 0.6 is 0 Å². The molecule has 0 aromatic heterocycles. The molecular formula is C20H34N4O4S. The van der Waals surface area contributed by atoms with Crippen LogP contribution in [0.25, 0.3) is 0 Å². The maximum Gasteiger partial charge on any atom is 0.211 e. The van der Waals surface area contributed by atoms with Crippen molar-refractivity contribution in [3.63, 3.8) is 0 Å². The molecule has 9 heteroatoms. The number of nitrogens with zero attached hydrogens (tertiary/aromatic N) is 2. The van der Waals surface area contributed by atoms with Gasteiger partial charge in [0.05, 0.1) is 19.9 Å². The van der Waals surface area contributed by atoms with Crippen molar-refractivity contribution in [3.8, 4) is 11.5 Å². The minimum Gasteiger partial charge on any atom is -0.497 e. The maximum atomic E-state index is 11.6. The van der Waals surface area contributed by atoms with E-state index in [-0.39, 0.29) is 6.10 Å². The number of guanidine groups is 1. The van der Waals surface area contributed by atoms with Crippen LogP contribution in [-0.2, 0) is 10.0 Å². The molecule has 0 bridgehead atoms. The average Bonchev–Trinajstić information content (AvgIpc) is 2.70. The van der Waals surface area contributed by atoms with Crippen LogP contribution in [0.3, 0.4) is 0 Å². The molecule has 1 saturated heterocycles. The van der Waals surface area contributed by atoms with Crippen molar-refractivity contribution in [2.75, 3.05) is 46.1 Å². The van der Waals surface area contributed by atoms with Crippen LogP contribution < -0.4 is 20.1 Å². The van der Waals surface area contributed by atoms with E-state index in [1.807, 2.05) is 38.1 Å². The molecule has 1 unspecified atom stereocenters. The largest absolute Gasteiger partial charge is 0.497 e. The van der Waals surface area contributed by atoms with Crippen molar-refractivity contribution in [2.45, 2.75) is 32.8 Å². The summed E-state index contributed by atoms with van der Waals surface area (Å²) >= 11 is 0. The summed E-state index contributed by atoms with van der Waals surface area (Å²) in [5, 5.41) is 6.63. The molecule has 0 aliphatic carbocycles. The highest BCUT2D eigenvalue weighted by Crippen LogP contribution is 2.20. The fourth-order valence-corrected chi connectivity index (χ4v) is 4.07. The second-order valence-electron chi connectivity index (χ2n) is 7.31. The Kier molecular flexibility index (Phi) is 9.03. The second-order valence-corrected chi connectivity index (χ2v) is 9.30. The predicted molar refractivity (Wildman–Crippen MR) is 116 cm³/mol. The van der Waals surface area contributed by atoms with Crippen molar-refractivity contribution < 1.29 is 17.9 Å². The van der Waals surface area contributed by atoms with Gasteiger partial charge in [0.15, 0.2) is 5.96 Å². The molecule has 8 nitrogen and oxygen atoms in total. The summed E-state index contributed by atoms with van der Waals surface area (Å²) in [4.78, 5) is 4.62. The first-order valence-electron chi connectivity index (χ1n) is 10.1. The van der Waals surface area contributed by atoms with Crippen molar-refractivity contribution >= 4 is 16.0 Å². The number of hydrogen-bond acceptors (Lipinski definition) is 5. The lowest BCUT2D eigenvalue weighted by atomic mass is 9.98. The van der Waals surface area contributed by atoms with Gasteiger partial charge >= 0.3 is 0 Å². The first-order valence-corrected chi connectivity index (χ1v) is 11.9. The van der Waals surface area contributed by atoms with Gasteiger partial charge in [-0.2, -0.15) is 0 Å². The molecule has 0 amide bonds. The standard InChI is InChI=1S/C20H34N4O4S/c1-5-21-20(23-15-17-9-11-24(12-10-17)29(4,25)26)22-14-16(2)28-19-8-6-7-18(13-19)27-3/h6-8,13,16-17H,5,9-12,14-15H2,1-4H3,(H2,21,22,23). The molecule has 1 atom stereocenters. The van der Waals surface area contributed by atoms with E-state index in [9.17, 15) is 8.42 Å².